The summed E-state index contributed by atoms with van der Waals surface area (Å²) in [6, 6.07) is 21.1. The molecule has 0 aliphatic carbocycles. The first-order valence-electron chi connectivity index (χ1n) is 10.2. The molecule has 6 nitrogen and oxygen atoms in total. The number of hydrogen-bond acceptors (Lipinski definition) is 5. The van der Waals surface area contributed by atoms with Crippen LogP contribution in [0.5, 0.6) is 5.75 Å². The Labute approximate surface area is 184 Å². The molecule has 156 valence electrons. The first-order chi connectivity index (χ1) is 15.2. The monoisotopic (exact) mass is 430 g/mol. The highest BCUT2D eigenvalue weighted by Gasteiger charge is 2.27. The topological polar surface area (TPSA) is 61.6 Å². The number of aromatic nitrogens is 2. The van der Waals surface area contributed by atoms with Crippen molar-refractivity contribution in [2.45, 2.75) is 0 Å². The minimum Gasteiger partial charge on any atom is -0.508 e. The average Bonchev–Trinajstić information content (AvgIpc) is 3.49. The number of rotatable bonds is 4. The van der Waals surface area contributed by atoms with E-state index in [2.05, 4.69) is 4.90 Å². The molecule has 0 atom stereocenters. The predicted octanol–water partition coefficient (Wildman–Crippen LogP) is 4.27. The van der Waals surface area contributed by atoms with Gasteiger partial charge in [-0.3, -0.25) is 4.79 Å². The van der Waals surface area contributed by atoms with Crippen molar-refractivity contribution < 1.29 is 9.90 Å². The van der Waals surface area contributed by atoms with Crippen LogP contribution < -0.4 is 4.90 Å². The molecule has 7 heteroatoms. The molecule has 4 aromatic rings. The van der Waals surface area contributed by atoms with Crippen molar-refractivity contribution in [1.82, 2.24) is 14.7 Å². The van der Waals surface area contributed by atoms with Gasteiger partial charge in [0, 0.05) is 44.1 Å². The molecule has 3 heterocycles. The van der Waals surface area contributed by atoms with E-state index in [4.69, 9.17) is 5.10 Å². The maximum atomic E-state index is 13.5. The summed E-state index contributed by atoms with van der Waals surface area (Å²) in [5.74, 6) is 0.256. The summed E-state index contributed by atoms with van der Waals surface area (Å²) in [5.41, 5.74) is 3.24. The number of piperazine rings is 1. The number of carbonyl (C=O) groups is 1. The summed E-state index contributed by atoms with van der Waals surface area (Å²) < 4.78 is 1.78. The Bertz CT molecular complexity index is 1180. The lowest BCUT2D eigenvalue weighted by Gasteiger charge is -2.36. The van der Waals surface area contributed by atoms with Crippen molar-refractivity contribution in [3.63, 3.8) is 0 Å². The zero-order valence-electron chi connectivity index (χ0n) is 16.9. The summed E-state index contributed by atoms with van der Waals surface area (Å²) in [6.45, 7) is 2.68. The largest absolute Gasteiger partial charge is 0.508 e. The van der Waals surface area contributed by atoms with E-state index in [0.717, 1.165) is 35.0 Å². The SMILES string of the molecule is O=C(c1cn(-c2ccccc2)nc1-c1cccs1)N1CCN(c2cccc(O)c2)CC1. The zero-order chi connectivity index (χ0) is 21.2. The number of benzene rings is 2. The van der Waals surface area contributed by atoms with Gasteiger partial charge in [-0.1, -0.05) is 30.3 Å². The van der Waals surface area contributed by atoms with Gasteiger partial charge in [-0.25, -0.2) is 4.68 Å². The first-order valence-corrected chi connectivity index (χ1v) is 11.1. The lowest BCUT2D eigenvalue weighted by molar-refractivity contribution is 0.0747. The number of nitrogens with zero attached hydrogens (tertiary/aromatic N) is 4. The van der Waals surface area contributed by atoms with Crippen LogP contribution in [0.25, 0.3) is 16.3 Å². The molecule has 0 spiro atoms. The second-order valence-electron chi connectivity index (χ2n) is 7.45. The highest BCUT2D eigenvalue weighted by Crippen LogP contribution is 2.29. The van der Waals surface area contributed by atoms with Gasteiger partial charge in [0.2, 0.25) is 0 Å². The van der Waals surface area contributed by atoms with E-state index in [1.165, 1.54) is 0 Å². The van der Waals surface area contributed by atoms with Crippen LogP contribution in [0.15, 0.2) is 78.3 Å². The number of thiophene rings is 1. The lowest BCUT2D eigenvalue weighted by atomic mass is 10.1. The molecular weight excluding hydrogens is 408 g/mol. The maximum Gasteiger partial charge on any atom is 0.257 e. The number of aromatic hydroxyl groups is 1. The van der Waals surface area contributed by atoms with Gasteiger partial charge in [-0.2, -0.15) is 5.10 Å². The number of phenols is 1. The Morgan fingerprint density at radius 2 is 1.68 bits per heavy atom. The lowest BCUT2D eigenvalue weighted by Crippen LogP contribution is -2.48. The molecule has 1 amide bonds. The van der Waals surface area contributed by atoms with Crippen LogP contribution in [0.2, 0.25) is 0 Å². The molecule has 1 aliphatic rings. The van der Waals surface area contributed by atoms with Crippen molar-refractivity contribution in [3.8, 4) is 22.0 Å². The molecule has 0 saturated carbocycles. The molecule has 0 unspecified atom stereocenters. The summed E-state index contributed by atoms with van der Waals surface area (Å²) >= 11 is 1.58. The molecule has 31 heavy (non-hydrogen) atoms. The third kappa shape index (κ3) is 3.92. The van der Waals surface area contributed by atoms with Crippen LogP contribution in [-0.2, 0) is 0 Å². The van der Waals surface area contributed by atoms with Crippen molar-refractivity contribution in [1.29, 1.82) is 0 Å². The predicted molar refractivity (Wildman–Crippen MR) is 123 cm³/mol. The quantitative estimate of drug-likeness (QED) is 0.525. The molecule has 0 bridgehead atoms. The van der Waals surface area contributed by atoms with E-state index in [9.17, 15) is 9.90 Å². The second kappa shape index (κ2) is 8.28. The number of hydrogen-bond donors (Lipinski definition) is 1. The molecule has 1 saturated heterocycles. The number of phenolic OH excluding ortho intramolecular Hbond substituents is 1. The number of carbonyl (C=O) groups excluding carboxylic acids is 1. The molecule has 1 aliphatic heterocycles. The van der Waals surface area contributed by atoms with Crippen molar-refractivity contribution in [2.24, 2.45) is 0 Å². The molecular formula is C24H22N4O2S. The van der Waals surface area contributed by atoms with E-state index >= 15 is 0 Å². The third-order valence-corrected chi connectivity index (χ3v) is 6.36. The van der Waals surface area contributed by atoms with Gasteiger partial charge in [-0.05, 0) is 35.7 Å². The van der Waals surface area contributed by atoms with E-state index in [-0.39, 0.29) is 11.7 Å². The highest BCUT2D eigenvalue weighted by atomic mass is 32.1. The fourth-order valence-electron chi connectivity index (χ4n) is 3.87. The van der Waals surface area contributed by atoms with Crippen LogP contribution >= 0.6 is 11.3 Å². The fraction of sp³-hybridized carbons (Fsp3) is 0.167. The van der Waals surface area contributed by atoms with Gasteiger partial charge in [0.1, 0.15) is 11.4 Å². The van der Waals surface area contributed by atoms with Crippen LogP contribution in [0.4, 0.5) is 5.69 Å². The second-order valence-corrected chi connectivity index (χ2v) is 8.40. The van der Waals surface area contributed by atoms with Gasteiger partial charge in [0.25, 0.3) is 5.91 Å². The van der Waals surface area contributed by atoms with Gasteiger partial charge in [0.15, 0.2) is 0 Å². The molecule has 2 aromatic carbocycles. The number of amides is 1. The maximum absolute atomic E-state index is 13.5. The third-order valence-electron chi connectivity index (χ3n) is 5.48. The van der Waals surface area contributed by atoms with Gasteiger partial charge >= 0.3 is 0 Å². The smallest absolute Gasteiger partial charge is 0.257 e. The molecule has 5 rings (SSSR count). The normalized spacial score (nSPS) is 14.1. The summed E-state index contributed by atoms with van der Waals surface area (Å²) in [5, 5.41) is 16.5. The molecule has 1 N–H and O–H groups in total. The Morgan fingerprint density at radius 3 is 2.39 bits per heavy atom. The average molecular weight is 431 g/mol. The Kier molecular flexibility index (Phi) is 5.18. The summed E-state index contributed by atoms with van der Waals surface area (Å²) in [7, 11) is 0. The minimum atomic E-state index is 0.00106. The Morgan fingerprint density at radius 1 is 0.903 bits per heavy atom. The molecule has 2 aromatic heterocycles. The highest BCUT2D eigenvalue weighted by molar-refractivity contribution is 7.13. The van der Waals surface area contributed by atoms with Gasteiger partial charge < -0.3 is 14.9 Å². The van der Waals surface area contributed by atoms with Gasteiger partial charge in [-0.15, -0.1) is 11.3 Å². The molecule has 1 fully saturated rings. The van der Waals surface area contributed by atoms with Crippen LogP contribution in [0.3, 0.4) is 0 Å². The Hall–Kier alpha value is -3.58. The van der Waals surface area contributed by atoms with Crippen LogP contribution in [-0.4, -0.2) is 51.9 Å². The molecule has 0 radical (unpaired) electrons. The first kappa shape index (κ1) is 19.4. The Balaban J connectivity index is 1.40. The standard InChI is InChI=1S/C24H22N4O2S/c29-20-9-4-8-19(16-20)26-11-13-27(14-12-26)24(30)21-17-28(18-6-2-1-3-7-18)25-23(21)22-10-5-15-31-22/h1-10,15-17,29H,11-14H2. The number of para-hydroxylation sites is 1. The van der Waals surface area contributed by atoms with E-state index in [1.54, 1.807) is 28.2 Å². The van der Waals surface area contributed by atoms with E-state index in [1.807, 2.05) is 71.1 Å². The van der Waals surface area contributed by atoms with Crippen molar-refractivity contribution >= 4 is 22.9 Å². The van der Waals surface area contributed by atoms with E-state index in [0.29, 0.717) is 18.7 Å². The number of anilines is 1. The zero-order valence-corrected chi connectivity index (χ0v) is 17.7. The summed E-state index contributed by atoms with van der Waals surface area (Å²) in [6.07, 6.45) is 1.84. The minimum absolute atomic E-state index is 0.00106. The van der Waals surface area contributed by atoms with Crippen molar-refractivity contribution in [2.75, 3.05) is 31.1 Å². The van der Waals surface area contributed by atoms with Gasteiger partial charge in [0.05, 0.1) is 16.1 Å². The van der Waals surface area contributed by atoms with E-state index < -0.39 is 0 Å². The van der Waals surface area contributed by atoms with Crippen LogP contribution in [0, 0.1) is 0 Å². The van der Waals surface area contributed by atoms with Crippen molar-refractivity contribution in [3.05, 3.63) is 83.9 Å². The van der Waals surface area contributed by atoms with Crippen LogP contribution in [0.1, 0.15) is 10.4 Å². The fourth-order valence-corrected chi connectivity index (χ4v) is 4.59. The summed E-state index contributed by atoms with van der Waals surface area (Å²) in [4.78, 5) is 18.5.